The van der Waals surface area contributed by atoms with Gasteiger partial charge in [-0.3, -0.25) is 4.79 Å². The molecule has 1 saturated heterocycles. The number of hydrogen-bond acceptors (Lipinski definition) is 2. The van der Waals surface area contributed by atoms with Crippen LogP contribution >= 0.6 is 0 Å². The maximum atomic E-state index is 11.9. The Balaban J connectivity index is 2.50. The van der Waals surface area contributed by atoms with Gasteiger partial charge in [-0.2, -0.15) is 0 Å². The summed E-state index contributed by atoms with van der Waals surface area (Å²) in [6.07, 6.45) is 1.51. The SMILES string of the molecule is CC1OCCCN1C(=O)CC(C)(C)C. The van der Waals surface area contributed by atoms with Crippen LogP contribution in [-0.2, 0) is 9.53 Å². The van der Waals surface area contributed by atoms with Gasteiger partial charge in [-0.05, 0) is 18.8 Å². The summed E-state index contributed by atoms with van der Waals surface area (Å²) in [5.74, 6) is 0.213. The zero-order valence-corrected chi connectivity index (χ0v) is 9.67. The van der Waals surface area contributed by atoms with Gasteiger partial charge >= 0.3 is 0 Å². The minimum Gasteiger partial charge on any atom is -0.359 e. The van der Waals surface area contributed by atoms with Crippen LogP contribution in [0.1, 0.15) is 40.5 Å². The second-order valence-electron chi connectivity index (χ2n) is 5.15. The molecule has 82 valence electrons. The number of carbonyl (C=O) groups is 1. The molecule has 1 amide bonds. The molecule has 1 fully saturated rings. The smallest absolute Gasteiger partial charge is 0.225 e. The molecule has 0 radical (unpaired) electrons. The Morgan fingerprint density at radius 1 is 1.50 bits per heavy atom. The van der Waals surface area contributed by atoms with E-state index in [-0.39, 0.29) is 17.6 Å². The molecule has 14 heavy (non-hydrogen) atoms. The van der Waals surface area contributed by atoms with E-state index in [4.69, 9.17) is 4.74 Å². The van der Waals surface area contributed by atoms with Gasteiger partial charge in [0.2, 0.25) is 5.91 Å². The highest BCUT2D eigenvalue weighted by atomic mass is 16.5. The first-order valence-corrected chi connectivity index (χ1v) is 5.31. The van der Waals surface area contributed by atoms with Gasteiger partial charge in [0.05, 0.1) is 6.61 Å². The average molecular weight is 199 g/mol. The van der Waals surface area contributed by atoms with E-state index in [0.29, 0.717) is 6.42 Å². The number of ether oxygens (including phenoxy) is 1. The van der Waals surface area contributed by atoms with Crippen LogP contribution in [-0.4, -0.2) is 30.2 Å². The quantitative estimate of drug-likeness (QED) is 0.646. The highest BCUT2D eigenvalue weighted by Gasteiger charge is 2.26. The van der Waals surface area contributed by atoms with E-state index in [9.17, 15) is 4.79 Å². The highest BCUT2D eigenvalue weighted by Crippen LogP contribution is 2.22. The molecule has 0 saturated carbocycles. The first-order valence-electron chi connectivity index (χ1n) is 5.31. The molecule has 0 aromatic carbocycles. The van der Waals surface area contributed by atoms with Crippen molar-refractivity contribution >= 4 is 5.91 Å². The van der Waals surface area contributed by atoms with Crippen molar-refractivity contribution in [3.8, 4) is 0 Å². The first kappa shape index (κ1) is 11.5. The van der Waals surface area contributed by atoms with E-state index in [0.717, 1.165) is 19.6 Å². The van der Waals surface area contributed by atoms with Gasteiger partial charge in [0.25, 0.3) is 0 Å². The Bertz CT molecular complexity index is 208. The van der Waals surface area contributed by atoms with Crippen LogP contribution in [0, 0.1) is 5.41 Å². The van der Waals surface area contributed by atoms with Gasteiger partial charge < -0.3 is 9.64 Å². The fraction of sp³-hybridized carbons (Fsp3) is 0.909. The number of amides is 1. The van der Waals surface area contributed by atoms with Crippen LogP contribution in [0.2, 0.25) is 0 Å². The van der Waals surface area contributed by atoms with Crippen molar-refractivity contribution in [2.24, 2.45) is 5.41 Å². The Hall–Kier alpha value is -0.570. The lowest BCUT2D eigenvalue weighted by Crippen LogP contribution is -2.45. The third kappa shape index (κ3) is 3.29. The molecule has 3 heteroatoms. The third-order valence-electron chi connectivity index (χ3n) is 2.34. The molecule has 3 nitrogen and oxygen atoms in total. The molecule has 1 rings (SSSR count). The first-order chi connectivity index (χ1) is 6.40. The average Bonchev–Trinajstić information content (AvgIpc) is 2.01. The minimum atomic E-state index is -0.0430. The summed E-state index contributed by atoms with van der Waals surface area (Å²) < 4.78 is 5.43. The Labute approximate surface area is 86.4 Å². The van der Waals surface area contributed by atoms with Crippen LogP contribution < -0.4 is 0 Å². The fourth-order valence-corrected chi connectivity index (χ4v) is 1.64. The van der Waals surface area contributed by atoms with E-state index in [1.54, 1.807) is 0 Å². The van der Waals surface area contributed by atoms with Crippen molar-refractivity contribution in [2.45, 2.75) is 46.8 Å². The number of hydrogen-bond donors (Lipinski definition) is 0. The molecule has 1 aliphatic rings. The second-order valence-corrected chi connectivity index (χ2v) is 5.15. The molecular formula is C11H21NO2. The van der Waals surface area contributed by atoms with E-state index in [2.05, 4.69) is 20.8 Å². The van der Waals surface area contributed by atoms with Crippen molar-refractivity contribution in [2.75, 3.05) is 13.2 Å². The molecule has 1 unspecified atom stereocenters. The number of rotatable bonds is 1. The largest absolute Gasteiger partial charge is 0.359 e. The van der Waals surface area contributed by atoms with E-state index < -0.39 is 0 Å². The topological polar surface area (TPSA) is 29.5 Å². The van der Waals surface area contributed by atoms with Crippen molar-refractivity contribution < 1.29 is 9.53 Å². The zero-order chi connectivity index (χ0) is 10.8. The molecule has 0 aromatic rings. The highest BCUT2D eigenvalue weighted by molar-refractivity contribution is 5.77. The van der Waals surface area contributed by atoms with Gasteiger partial charge in [-0.25, -0.2) is 0 Å². The van der Waals surface area contributed by atoms with E-state index in [1.807, 2.05) is 11.8 Å². The summed E-state index contributed by atoms with van der Waals surface area (Å²) in [5, 5.41) is 0. The lowest BCUT2D eigenvalue weighted by Gasteiger charge is -2.35. The monoisotopic (exact) mass is 199 g/mol. The number of nitrogens with zero attached hydrogens (tertiary/aromatic N) is 1. The number of carbonyl (C=O) groups excluding carboxylic acids is 1. The Kier molecular flexibility index (Phi) is 3.53. The van der Waals surface area contributed by atoms with Crippen molar-refractivity contribution in [3.63, 3.8) is 0 Å². The predicted octanol–water partition coefficient (Wildman–Crippen LogP) is 2.02. The van der Waals surface area contributed by atoms with E-state index in [1.165, 1.54) is 0 Å². The van der Waals surface area contributed by atoms with Crippen molar-refractivity contribution in [1.29, 1.82) is 0 Å². The minimum absolute atomic E-state index is 0.0430. The molecular weight excluding hydrogens is 178 g/mol. The van der Waals surface area contributed by atoms with Crippen LogP contribution in [0.5, 0.6) is 0 Å². The van der Waals surface area contributed by atoms with Crippen molar-refractivity contribution in [3.05, 3.63) is 0 Å². The summed E-state index contributed by atoms with van der Waals surface area (Å²) in [5.41, 5.74) is 0.0637. The summed E-state index contributed by atoms with van der Waals surface area (Å²) in [6.45, 7) is 9.82. The third-order valence-corrected chi connectivity index (χ3v) is 2.34. The summed E-state index contributed by atoms with van der Waals surface area (Å²) in [7, 11) is 0. The molecule has 1 heterocycles. The van der Waals surface area contributed by atoms with Crippen LogP contribution in [0.3, 0.4) is 0 Å². The predicted molar refractivity (Wildman–Crippen MR) is 55.8 cm³/mol. The van der Waals surface area contributed by atoms with Gasteiger partial charge in [-0.1, -0.05) is 20.8 Å². The Morgan fingerprint density at radius 2 is 2.14 bits per heavy atom. The molecule has 1 aliphatic heterocycles. The molecule has 0 aliphatic carbocycles. The van der Waals surface area contributed by atoms with E-state index >= 15 is 0 Å². The molecule has 0 spiro atoms. The summed E-state index contributed by atoms with van der Waals surface area (Å²) in [4.78, 5) is 13.7. The molecule has 0 N–H and O–H groups in total. The van der Waals surface area contributed by atoms with Gasteiger partial charge in [0.1, 0.15) is 6.23 Å². The molecule has 0 aromatic heterocycles. The fourth-order valence-electron chi connectivity index (χ4n) is 1.64. The zero-order valence-electron chi connectivity index (χ0n) is 9.67. The van der Waals surface area contributed by atoms with Gasteiger partial charge in [0.15, 0.2) is 0 Å². The van der Waals surface area contributed by atoms with Gasteiger partial charge in [-0.15, -0.1) is 0 Å². The van der Waals surface area contributed by atoms with Gasteiger partial charge in [0, 0.05) is 13.0 Å². The standard InChI is InChI=1S/C11H21NO2/c1-9-12(6-5-7-14-9)10(13)8-11(2,3)4/h9H,5-8H2,1-4H3. The lowest BCUT2D eigenvalue weighted by atomic mass is 9.91. The van der Waals surface area contributed by atoms with Crippen molar-refractivity contribution in [1.82, 2.24) is 4.90 Å². The van der Waals surface area contributed by atoms with Crippen LogP contribution in [0.4, 0.5) is 0 Å². The normalized spacial score (nSPS) is 23.7. The second kappa shape index (κ2) is 4.30. The van der Waals surface area contributed by atoms with Crippen LogP contribution in [0.15, 0.2) is 0 Å². The lowest BCUT2D eigenvalue weighted by molar-refractivity contribution is -0.153. The maximum absolute atomic E-state index is 11.9. The summed E-state index contributed by atoms with van der Waals surface area (Å²) in [6, 6.07) is 0. The molecule has 1 atom stereocenters. The Morgan fingerprint density at radius 3 is 2.64 bits per heavy atom. The maximum Gasteiger partial charge on any atom is 0.225 e. The summed E-state index contributed by atoms with van der Waals surface area (Å²) >= 11 is 0. The molecule has 0 bridgehead atoms. The van der Waals surface area contributed by atoms with Crippen LogP contribution in [0.25, 0.3) is 0 Å².